The number of hydrogen-bond acceptors (Lipinski definition) is 5. The van der Waals surface area contributed by atoms with Crippen LogP contribution in [0.4, 0.5) is 5.82 Å². The first-order valence-corrected chi connectivity index (χ1v) is 7.67. The second-order valence-electron chi connectivity index (χ2n) is 5.15. The van der Waals surface area contributed by atoms with E-state index >= 15 is 0 Å². The number of carboxylic acids is 1. The topological polar surface area (TPSA) is 84.3 Å². The summed E-state index contributed by atoms with van der Waals surface area (Å²) in [4.78, 5) is 19.4. The Hall–Kier alpha value is -2.15. The molecule has 1 saturated carbocycles. The van der Waals surface area contributed by atoms with E-state index in [1.54, 1.807) is 12.3 Å². The molecule has 6 nitrogen and oxygen atoms in total. The van der Waals surface area contributed by atoms with Gasteiger partial charge in [0.15, 0.2) is 0 Å². The molecule has 0 saturated heterocycles. The minimum atomic E-state index is -1.02. The van der Waals surface area contributed by atoms with Crippen LogP contribution >= 0.6 is 15.9 Å². The molecule has 1 aromatic heterocycles. The maximum Gasteiger partial charge on any atom is 0.335 e. The van der Waals surface area contributed by atoms with Gasteiger partial charge in [0.2, 0.25) is 5.88 Å². The van der Waals surface area contributed by atoms with Gasteiger partial charge < -0.3 is 15.2 Å². The molecule has 1 aliphatic rings. The molecule has 2 aromatic rings. The van der Waals surface area contributed by atoms with Gasteiger partial charge in [0.05, 0.1) is 18.0 Å². The molecule has 0 spiro atoms. The van der Waals surface area contributed by atoms with Gasteiger partial charge in [-0.05, 0) is 37.0 Å². The minimum Gasteiger partial charge on any atom is -0.478 e. The number of aromatic carboxylic acids is 1. The molecule has 0 atom stereocenters. The summed E-state index contributed by atoms with van der Waals surface area (Å²) in [5.41, 5.74) is 0.139. The maximum atomic E-state index is 11.0. The Bertz CT molecular complexity index is 687. The molecule has 0 amide bonds. The number of nitrogens with one attached hydrogen (secondary N) is 1. The number of benzene rings is 1. The fourth-order valence-corrected chi connectivity index (χ4v) is 2.37. The minimum absolute atomic E-state index is 0.139. The number of carbonyl (C=O) groups is 1. The van der Waals surface area contributed by atoms with Gasteiger partial charge in [-0.3, -0.25) is 0 Å². The second-order valence-corrected chi connectivity index (χ2v) is 6.06. The number of carboxylic acid groups (broad SMARTS) is 1. The lowest BCUT2D eigenvalue weighted by molar-refractivity contribution is 0.0696. The summed E-state index contributed by atoms with van der Waals surface area (Å²) in [5.74, 6) is 1.15. The zero-order chi connectivity index (χ0) is 15.5. The van der Waals surface area contributed by atoms with Crippen molar-refractivity contribution in [2.24, 2.45) is 5.92 Å². The van der Waals surface area contributed by atoms with E-state index in [0.29, 0.717) is 21.9 Å². The quantitative estimate of drug-likeness (QED) is 0.816. The van der Waals surface area contributed by atoms with Crippen LogP contribution < -0.4 is 10.1 Å². The van der Waals surface area contributed by atoms with Crippen molar-refractivity contribution in [3.8, 4) is 11.6 Å². The molecule has 0 unspecified atom stereocenters. The van der Waals surface area contributed by atoms with Gasteiger partial charge in [-0.15, -0.1) is 0 Å². The summed E-state index contributed by atoms with van der Waals surface area (Å²) < 4.78 is 6.17. The largest absolute Gasteiger partial charge is 0.478 e. The summed E-state index contributed by atoms with van der Waals surface area (Å²) >= 11 is 3.26. The van der Waals surface area contributed by atoms with Gasteiger partial charge in [-0.25, -0.2) is 14.8 Å². The Morgan fingerprint density at radius 3 is 2.77 bits per heavy atom. The molecular weight excluding hydrogens is 350 g/mol. The van der Waals surface area contributed by atoms with Crippen LogP contribution in [-0.2, 0) is 0 Å². The first kappa shape index (κ1) is 14.8. The molecule has 0 radical (unpaired) electrons. The number of ether oxygens (including phenoxy) is 1. The fourth-order valence-electron chi connectivity index (χ4n) is 1.90. The van der Waals surface area contributed by atoms with E-state index in [2.05, 4.69) is 31.2 Å². The molecule has 1 heterocycles. The number of aromatic nitrogens is 2. The van der Waals surface area contributed by atoms with Gasteiger partial charge in [-0.2, -0.15) is 0 Å². The van der Waals surface area contributed by atoms with E-state index in [4.69, 9.17) is 9.84 Å². The number of rotatable bonds is 6. The normalized spacial score (nSPS) is 13.7. The van der Waals surface area contributed by atoms with Crippen LogP contribution in [0.3, 0.4) is 0 Å². The zero-order valence-electron chi connectivity index (χ0n) is 11.6. The Morgan fingerprint density at radius 1 is 1.32 bits per heavy atom. The van der Waals surface area contributed by atoms with Gasteiger partial charge in [0, 0.05) is 11.0 Å². The summed E-state index contributed by atoms with van der Waals surface area (Å²) in [5, 5.41) is 12.2. The Kier molecular flexibility index (Phi) is 4.24. The number of hydrogen-bond donors (Lipinski definition) is 2. The van der Waals surface area contributed by atoms with Crippen LogP contribution in [0.1, 0.15) is 23.2 Å². The van der Waals surface area contributed by atoms with Gasteiger partial charge in [0.1, 0.15) is 11.6 Å². The second kappa shape index (κ2) is 6.31. The van der Waals surface area contributed by atoms with Crippen LogP contribution in [0.2, 0.25) is 0 Å². The number of halogens is 1. The highest BCUT2D eigenvalue weighted by molar-refractivity contribution is 9.10. The van der Waals surface area contributed by atoms with E-state index in [-0.39, 0.29) is 5.56 Å². The monoisotopic (exact) mass is 363 g/mol. The molecule has 0 aliphatic heterocycles. The molecule has 1 aliphatic carbocycles. The predicted octanol–water partition coefficient (Wildman–Crippen LogP) is 3.55. The highest BCUT2D eigenvalue weighted by atomic mass is 79.9. The smallest absolute Gasteiger partial charge is 0.335 e. The van der Waals surface area contributed by atoms with Crippen molar-refractivity contribution in [3.63, 3.8) is 0 Å². The highest BCUT2D eigenvalue weighted by Gasteiger charge is 2.20. The molecule has 1 aromatic carbocycles. The fraction of sp³-hybridized carbons (Fsp3) is 0.267. The van der Waals surface area contributed by atoms with Crippen LogP contribution in [-0.4, -0.2) is 27.6 Å². The Labute approximate surface area is 135 Å². The predicted molar refractivity (Wildman–Crippen MR) is 84.4 cm³/mol. The summed E-state index contributed by atoms with van der Waals surface area (Å²) in [6.45, 7) is 0.919. The van der Waals surface area contributed by atoms with Crippen LogP contribution in [0.5, 0.6) is 11.6 Å². The third-order valence-electron chi connectivity index (χ3n) is 3.24. The summed E-state index contributed by atoms with van der Waals surface area (Å²) in [6.07, 6.45) is 5.66. The van der Waals surface area contributed by atoms with Crippen LogP contribution in [0.15, 0.2) is 35.1 Å². The molecule has 22 heavy (non-hydrogen) atoms. The van der Waals surface area contributed by atoms with Crippen molar-refractivity contribution in [1.82, 2.24) is 9.97 Å². The van der Waals surface area contributed by atoms with Crippen molar-refractivity contribution in [1.29, 1.82) is 0 Å². The lowest BCUT2D eigenvalue weighted by atomic mass is 10.2. The molecule has 0 bridgehead atoms. The molecule has 1 fully saturated rings. The Morgan fingerprint density at radius 2 is 2.14 bits per heavy atom. The third-order valence-corrected chi connectivity index (χ3v) is 3.70. The van der Waals surface area contributed by atoms with E-state index in [9.17, 15) is 4.79 Å². The summed E-state index contributed by atoms with van der Waals surface area (Å²) in [6, 6.07) is 4.62. The third kappa shape index (κ3) is 3.94. The molecule has 7 heteroatoms. The van der Waals surface area contributed by atoms with Crippen molar-refractivity contribution >= 4 is 27.7 Å². The van der Waals surface area contributed by atoms with Crippen molar-refractivity contribution in [2.75, 3.05) is 11.9 Å². The molecular formula is C15H14BrN3O3. The van der Waals surface area contributed by atoms with Crippen LogP contribution in [0, 0.1) is 5.92 Å². The van der Waals surface area contributed by atoms with E-state index in [1.807, 2.05) is 0 Å². The highest BCUT2D eigenvalue weighted by Crippen LogP contribution is 2.29. The van der Waals surface area contributed by atoms with Crippen molar-refractivity contribution < 1.29 is 14.6 Å². The summed E-state index contributed by atoms with van der Waals surface area (Å²) in [7, 11) is 0. The molecule has 3 rings (SSSR count). The van der Waals surface area contributed by atoms with Gasteiger partial charge in [0.25, 0.3) is 0 Å². The number of nitrogens with zero attached hydrogens (tertiary/aromatic N) is 2. The molecule has 2 N–H and O–H groups in total. The van der Waals surface area contributed by atoms with E-state index < -0.39 is 5.97 Å². The average Bonchev–Trinajstić information content (AvgIpc) is 3.30. The molecule has 114 valence electrons. The Balaban J connectivity index is 1.68. The van der Waals surface area contributed by atoms with Gasteiger partial charge in [-0.1, -0.05) is 15.9 Å². The number of anilines is 1. The lowest BCUT2D eigenvalue weighted by Gasteiger charge is -2.08. The standard InChI is InChI=1S/C15H14BrN3O3/c16-11-3-10(15(20)21)4-12(5-11)22-14-8-18-13(7-19-14)17-6-9-1-2-9/h3-5,7-9H,1-2,6H2,(H,17,18)(H,20,21). The lowest BCUT2D eigenvalue weighted by Crippen LogP contribution is -2.05. The van der Waals surface area contributed by atoms with Gasteiger partial charge >= 0.3 is 5.97 Å². The van der Waals surface area contributed by atoms with Crippen LogP contribution in [0.25, 0.3) is 0 Å². The van der Waals surface area contributed by atoms with E-state index in [1.165, 1.54) is 31.2 Å². The SMILES string of the molecule is O=C(O)c1cc(Br)cc(Oc2cnc(NCC3CC3)cn2)c1. The first-order valence-electron chi connectivity index (χ1n) is 6.88. The van der Waals surface area contributed by atoms with Crippen molar-refractivity contribution in [3.05, 3.63) is 40.6 Å². The first-order chi connectivity index (χ1) is 10.6. The maximum absolute atomic E-state index is 11.0. The van der Waals surface area contributed by atoms with Crippen molar-refractivity contribution in [2.45, 2.75) is 12.8 Å². The van der Waals surface area contributed by atoms with E-state index in [0.717, 1.165) is 12.5 Å². The average molecular weight is 364 g/mol. The zero-order valence-corrected chi connectivity index (χ0v) is 13.2.